The third-order valence-electron chi connectivity index (χ3n) is 4.30. The largest absolute Gasteiger partial charge is 0.349 e. The lowest BCUT2D eigenvalue weighted by Crippen LogP contribution is -2.23. The highest BCUT2D eigenvalue weighted by Crippen LogP contribution is 2.15. The fourth-order valence-corrected chi connectivity index (χ4v) is 2.54. The molecule has 0 fully saturated rings. The summed E-state index contributed by atoms with van der Waals surface area (Å²) in [6.45, 7) is 10.9. The van der Waals surface area contributed by atoms with E-state index in [0.29, 0.717) is 12.3 Å². The van der Waals surface area contributed by atoms with E-state index in [0.717, 1.165) is 32.1 Å². The Hall–Kier alpha value is -1.31. The smallest absolute Gasteiger partial charge is 0.222 e. The third kappa shape index (κ3) is 13.2. The monoisotopic (exact) mass is 333 g/mol. The van der Waals surface area contributed by atoms with Gasteiger partial charge in [-0.25, -0.2) is 0 Å². The topological polar surface area (TPSA) is 20.3 Å². The van der Waals surface area contributed by atoms with Crippen molar-refractivity contribution >= 4 is 5.91 Å². The second-order valence-corrected chi connectivity index (χ2v) is 7.63. The van der Waals surface area contributed by atoms with Crippen LogP contribution in [0.25, 0.3) is 0 Å². The van der Waals surface area contributed by atoms with Gasteiger partial charge >= 0.3 is 0 Å². The van der Waals surface area contributed by atoms with Gasteiger partial charge < -0.3 is 4.90 Å². The van der Waals surface area contributed by atoms with Crippen molar-refractivity contribution in [2.45, 2.75) is 79.6 Å². The van der Waals surface area contributed by atoms with Gasteiger partial charge in [-0.05, 0) is 72.1 Å². The van der Waals surface area contributed by atoms with Crippen LogP contribution in [0.4, 0.5) is 0 Å². The zero-order valence-corrected chi connectivity index (χ0v) is 17.1. The number of allylic oxidation sites excluding steroid dienone is 6. The van der Waals surface area contributed by atoms with Crippen molar-refractivity contribution in [3.63, 3.8) is 0 Å². The summed E-state index contributed by atoms with van der Waals surface area (Å²) in [6.07, 6.45) is 14.5. The molecule has 0 spiro atoms. The van der Waals surface area contributed by atoms with E-state index >= 15 is 0 Å². The highest BCUT2D eigenvalue weighted by molar-refractivity contribution is 5.75. The molecule has 0 saturated heterocycles. The van der Waals surface area contributed by atoms with E-state index < -0.39 is 0 Å². The Kier molecular flexibility index (Phi) is 12.3. The van der Waals surface area contributed by atoms with E-state index in [4.69, 9.17) is 0 Å². The molecule has 0 aromatic heterocycles. The SMILES string of the molecule is CC(C)=CCCC(C)=CCCC(C)=CCCC(C)CC(=O)N(C)C. The fraction of sp³-hybridized carbons (Fsp3) is 0.682. The van der Waals surface area contributed by atoms with Gasteiger partial charge in [-0.15, -0.1) is 0 Å². The lowest BCUT2D eigenvalue weighted by Gasteiger charge is -2.14. The predicted octanol–water partition coefficient (Wildman–Crippen LogP) is 6.30. The first-order chi connectivity index (χ1) is 11.2. The number of carbonyl (C=O) groups is 1. The molecule has 138 valence electrons. The first-order valence-electron chi connectivity index (χ1n) is 9.37. The van der Waals surface area contributed by atoms with Crippen LogP contribution in [0.5, 0.6) is 0 Å². The van der Waals surface area contributed by atoms with Gasteiger partial charge in [0, 0.05) is 20.5 Å². The molecule has 0 bridgehead atoms. The van der Waals surface area contributed by atoms with E-state index in [1.54, 1.807) is 4.90 Å². The van der Waals surface area contributed by atoms with Crippen molar-refractivity contribution in [1.29, 1.82) is 0 Å². The molecule has 2 heteroatoms. The third-order valence-corrected chi connectivity index (χ3v) is 4.30. The quantitative estimate of drug-likeness (QED) is 0.406. The Morgan fingerprint density at radius 1 is 0.875 bits per heavy atom. The van der Waals surface area contributed by atoms with Crippen LogP contribution in [0.2, 0.25) is 0 Å². The molecule has 0 aliphatic heterocycles. The first-order valence-corrected chi connectivity index (χ1v) is 9.37. The molecule has 0 aromatic rings. The normalized spacial score (nSPS) is 13.6. The van der Waals surface area contributed by atoms with Gasteiger partial charge in [0.1, 0.15) is 0 Å². The van der Waals surface area contributed by atoms with Gasteiger partial charge in [-0.2, -0.15) is 0 Å². The maximum Gasteiger partial charge on any atom is 0.222 e. The molecule has 0 saturated carbocycles. The molecule has 0 radical (unpaired) electrons. The summed E-state index contributed by atoms with van der Waals surface area (Å²) in [6, 6.07) is 0. The molecule has 2 nitrogen and oxygen atoms in total. The van der Waals surface area contributed by atoms with E-state index in [1.807, 2.05) is 14.1 Å². The van der Waals surface area contributed by atoms with Gasteiger partial charge in [-0.1, -0.05) is 41.9 Å². The molecule has 0 heterocycles. The number of hydrogen-bond donors (Lipinski definition) is 0. The van der Waals surface area contributed by atoms with Crippen molar-refractivity contribution in [3.05, 3.63) is 34.9 Å². The molecule has 1 atom stereocenters. The molecule has 1 amide bonds. The maximum absolute atomic E-state index is 11.7. The minimum atomic E-state index is 0.233. The van der Waals surface area contributed by atoms with Gasteiger partial charge in [0.15, 0.2) is 0 Å². The molecular formula is C22H39NO. The van der Waals surface area contributed by atoms with Crippen LogP contribution in [0, 0.1) is 5.92 Å². The van der Waals surface area contributed by atoms with Gasteiger partial charge in [0.2, 0.25) is 5.91 Å². The lowest BCUT2D eigenvalue weighted by molar-refractivity contribution is -0.129. The van der Waals surface area contributed by atoms with Crippen LogP contribution >= 0.6 is 0 Å². The fourth-order valence-electron chi connectivity index (χ4n) is 2.54. The van der Waals surface area contributed by atoms with E-state index in [9.17, 15) is 4.79 Å². The molecule has 24 heavy (non-hydrogen) atoms. The lowest BCUT2D eigenvalue weighted by atomic mass is 9.99. The molecule has 0 N–H and O–H groups in total. The Bertz CT molecular complexity index is 451. The zero-order valence-electron chi connectivity index (χ0n) is 17.1. The average molecular weight is 334 g/mol. The van der Waals surface area contributed by atoms with Crippen LogP contribution < -0.4 is 0 Å². The molecule has 0 aliphatic rings. The summed E-state index contributed by atoms with van der Waals surface area (Å²) in [5, 5.41) is 0. The number of rotatable bonds is 11. The summed E-state index contributed by atoms with van der Waals surface area (Å²) in [5.74, 6) is 0.693. The summed E-state index contributed by atoms with van der Waals surface area (Å²) < 4.78 is 0. The Morgan fingerprint density at radius 3 is 1.88 bits per heavy atom. The number of hydrogen-bond acceptors (Lipinski definition) is 1. The molecule has 0 aromatic carbocycles. The summed E-state index contributed by atoms with van der Waals surface area (Å²) in [7, 11) is 3.66. The van der Waals surface area contributed by atoms with Crippen molar-refractivity contribution in [2.75, 3.05) is 14.1 Å². The highest BCUT2D eigenvalue weighted by Gasteiger charge is 2.09. The van der Waals surface area contributed by atoms with Crippen LogP contribution in [0.3, 0.4) is 0 Å². The minimum Gasteiger partial charge on any atom is -0.349 e. The number of amides is 1. The van der Waals surface area contributed by atoms with Crippen molar-refractivity contribution in [2.24, 2.45) is 5.92 Å². The van der Waals surface area contributed by atoms with Crippen molar-refractivity contribution in [3.8, 4) is 0 Å². The molecule has 0 aliphatic carbocycles. The zero-order chi connectivity index (χ0) is 18.5. The second kappa shape index (κ2) is 13.0. The number of nitrogens with zero attached hydrogens (tertiary/aromatic N) is 1. The Balaban J connectivity index is 3.98. The standard InChI is InChI=1S/C22H39NO/c1-18(2)11-8-12-19(3)13-9-14-20(4)15-10-16-21(5)17-22(24)23(6)7/h11,13,15,21H,8-10,12,14,16-17H2,1-7H3. The summed E-state index contributed by atoms with van der Waals surface area (Å²) >= 11 is 0. The van der Waals surface area contributed by atoms with E-state index in [2.05, 4.69) is 52.8 Å². The molecular weight excluding hydrogens is 294 g/mol. The summed E-state index contributed by atoms with van der Waals surface area (Å²) in [4.78, 5) is 13.4. The van der Waals surface area contributed by atoms with Crippen LogP contribution in [-0.4, -0.2) is 24.9 Å². The highest BCUT2D eigenvalue weighted by atomic mass is 16.2. The second-order valence-electron chi connectivity index (χ2n) is 7.63. The number of carbonyl (C=O) groups excluding carboxylic acids is 1. The first kappa shape index (κ1) is 22.7. The van der Waals surface area contributed by atoms with E-state index in [1.165, 1.54) is 23.1 Å². The molecule has 0 rings (SSSR count). The van der Waals surface area contributed by atoms with Crippen LogP contribution in [0.15, 0.2) is 34.9 Å². The van der Waals surface area contributed by atoms with Gasteiger partial charge in [0.05, 0.1) is 0 Å². The van der Waals surface area contributed by atoms with Crippen molar-refractivity contribution in [1.82, 2.24) is 4.90 Å². The van der Waals surface area contributed by atoms with Gasteiger partial charge in [-0.3, -0.25) is 4.79 Å². The molecule has 1 unspecified atom stereocenters. The van der Waals surface area contributed by atoms with Crippen molar-refractivity contribution < 1.29 is 4.79 Å². The Labute approximate surface area is 150 Å². The minimum absolute atomic E-state index is 0.233. The Morgan fingerprint density at radius 2 is 1.38 bits per heavy atom. The predicted molar refractivity (Wildman–Crippen MR) is 107 cm³/mol. The van der Waals surface area contributed by atoms with Gasteiger partial charge in [0.25, 0.3) is 0 Å². The maximum atomic E-state index is 11.7. The van der Waals surface area contributed by atoms with Crippen LogP contribution in [-0.2, 0) is 4.79 Å². The summed E-state index contributed by atoms with van der Waals surface area (Å²) in [5.41, 5.74) is 4.37. The van der Waals surface area contributed by atoms with Crippen LogP contribution in [0.1, 0.15) is 79.6 Å². The van der Waals surface area contributed by atoms with E-state index in [-0.39, 0.29) is 5.91 Å². The average Bonchev–Trinajstić information content (AvgIpc) is 2.46.